The van der Waals surface area contributed by atoms with Crippen LogP contribution in [-0.4, -0.2) is 14.3 Å². The molecule has 1 N–H and O–H groups in total. The standard InChI is InChI=1S/C13H8Cl2FNO3S/c14-12-10(2-1-3-11(12)16)13(18)17-8-4-6-9(7-5-8)21(15,19)20/h1-7H,(H,17,18). The number of rotatable bonds is 3. The minimum Gasteiger partial charge on any atom is -0.322 e. The van der Waals surface area contributed by atoms with E-state index in [2.05, 4.69) is 5.32 Å². The Morgan fingerprint density at radius 1 is 1.10 bits per heavy atom. The van der Waals surface area contributed by atoms with Gasteiger partial charge in [0.2, 0.25) is 0 Å². The summed E-state index contributed by atoms with van der Waals surface area (Å²) < 4.78 is 35.4. The average Bonchev–Trinajstić information content (AvgIpc) is 2.41. The van der Waals surface area contributed by atoms with Gasteiger partial charge in [0.1, 0.15) is 5.82 Å². The molecule has 0 aromatic heterocycles. The van der Waals surface area contributed by atoms with Crippen molar-refractivity contribution in [2.45, 2.75) is 4.90 Å². The van der Waals surface area contributed by atoms with Gasteiger partial charge in [0.15, 0.2) is 0 Å². The first-order valence-electron chi connectivity index (χ1n) is 5.59. The summed E-state index contributed by atoms with van der Waals surface area (Å²) >= 11 is 5.71. The lowest BCUT2D eigenvalue weighted by atomic mass is 10.2. The molecule has 0 saturated carbocycles. The molecule has 110 valence electrons. The maximum atomic E-state index is 13.3. The number of amides is 1. The van der Waals surface area contributed by atoms with Gasteiger partial charge < -0.3 is 5.32 Å². The number of halogens is 3. The molecule has 2 rings (SSSR count). The zero-order valence-corrected chi connectivity index (χ0v) is 12.6. The molecule has 21 heavy (non-hydrogen) atoms. The number of carbonyl (C=O) groups is 1. The van der Waals surface area contributed by atoms with Gasteiger partial charge in [-0.1, -0.05) is 17.7 Å². The van der Waals surface area contributed by atoms with Crippen LogP contribution >= 0.6 is 22.3 Å². The van der Waals surface area contributed by atoms with Gasteiger partial charge in [0.05, 0.1) is 15.5 Å². The van der Waals surface area contributed by atoms with Crippen LogP contribution in [-0.2, 0) is 9.05 Å². The van der Waals surface area contributed by atoms with E-state index in [4.69, 9.17) is 22.3 Å². The Morgan fingerprint density at radius 2 is 1.71 bits per heavy atom. The highest BCUT2D eigenvalue weighted by atomic mass is 35.7. The molecule has 1 amide bonds. The minimum atomic E-state index is -3.82. The van der Waals surface area contributed by atoms with Gasteiger partial charge in [0.25, 0.3) is 15.0 Å². The SMILES string of the molecule is O=C(Nc1ccc(S(=O)(=O)Cl)cc1)c1cccc(F)c1Cl. The number of carbonyl (C=O) groups excluding carboxylic acids is 1. The zero-order valence-electron chi connectivity index (χ0n) is 10.3. The zero-order chi connectivity index (χ0) is 15.6. The number of benzene rings is 2. The van der Waals surface area contributed by atoms with E-state index in [1.807, 2.05) is 0 Å². The molecule has 0 saturated heterocycles. The highest BCUT2D eigenvalue weighted by molar-refractivity contribution is 8.13. The van der Waals surface area contributed by atoms with Crippen molar-refractivity contribution >= 4 is 42.9 Å². The van der Waals surface area contributed by atoms with Crippen LogP contribution < -0.4 is 5.32 Å². The highest BCUT2D eigenvalue weighted by Crippen LogP contribution is 2.22. The largest absolute Gasteiger partial charge is 0.322 e. The first-order chi connectivity index (χ1) is 9.79. The molecule has 0 aliphatic heterocycles. The molecule has 0 heterocycles. The topological polar surface area (TPSA) is 63.2 Å². The molecule has 2 aromatic carbocycles. The van der Waals surface area contributed by atoms with E-state index in [1.54, 1.807) is 0 Å². The third-order valence-electron chi connectivity index (χ3n) is 2.59. The summed E-state index contributed by atoms with van der Waals surface area (Å²) in [6, 6.07) is 9.08. The van der Waals surface area contributed by atoms with Crippen LogP contribution in [0.1, 0.15) is 10.4 Å². The third-order valence-corrected chi connectivity index (χ3v) is 4.34. The second kappa shape index (κ2) is 6.01. The Labute approximate surface area is 129 Å². The first-order valence-corrected chi connectivity index (χ1v) is 8.28. The van der Waals surface area contributed by atoms with Crippen molar-refractivity contribution in [1.82, 2.24) is 0 Å². The smallest absolute Gasteiger partial charge is 0.261 e. The van der Waals surface area contributed by atoms with Gasteiger partial charge in [-0.15, -0.1) is 0 Å². The Balaban J connectivity index is 2.22. The second-order valence-electron chi connectivity index (χ2n) is 4.02. The van der Waals surface area contributed by atoms with Crippen LogP contribution in [0, 0.1) is 5.82 Å². The van der Waals surface area contributed by atoms with Crippen LogP contribution in [0.25, 0.3) is 0 Å². The van der Waals surface area contributed by atoms with Crippen molar-refractivity contribution in [1.29, 1.82) is 0 Å². The summed E-state index contributed by atoms with van der Waals surface area (Å²) in [5.41, 5.74) is 0.301. The number of anilines is 1. The quantitative estimate of drug-likeness (QED) is 0.861. The van der Waals surface area contributed by atoms with Crippen LogP contribution in [0.3, 0.4) is 0 Å². The number of nitrogens with one attached hydrogen (secondary N) is 1. The van der Waals surface area contributed by atoms with Crippen LogP contribution in [0.15, 0.2) is 47.4 Å². The van der Waals surface area contributed by atoms with E-state index in [-0.39, 0.29) is 15.5 Å². The molecule has 0 aliphatic carbocycles. The van der Waals surface area contributed by atoms with E-state index in [9.17, 15) is 17.6 Å². The summed E-state index contributed by atoms with van der Waals surface area (Å²) in [6.07, 6.45) is 0. The maximum absolute atomic E-state index is 13.3. The number of hydrogen-bond donors (Lipinski definition) is 1. The molecule has 0 spiro atoms. The van der Waals surface area contributed by atoms with E-state index < -0.39 is 20.8 Å². The second-order valence-corrected chi connectivity index (χ2v) is 6.96. The fraction of sp³-hybridized carbons (Fsp3) is 0. The summed E-state index contributed by atoms with van der Waals surface area (Å²) in [4.78, 5) is 11.9. The Bertz CT molecular complexity index is 792. The highest BCUT2D eigenvalue weighted by Gasteiger charge is 2.14. The molecule has 0 atom stereocenters. The van der Waals surface area contributed by atoms with Crippen LogP contribution in [0.2, 0.25) is 5.02 Å². The molecule has 2 aromatic rings. The van der Waals surface area contributed by atoms with E-state index in [1.165, 1.54) is 36.4 Å². The Hall–Kier alpha value is -1.63. The molecular weight excluding hydrogens is 340 g/mol. The van der Waals surface area contributed by atoms with Gasteiger partial charge >= 0.3 is 0 Å². The van der Waals surface area contributed by atoms with Gasteiger partial charge in [0, 0.05) is 16.4 Å². The van der Waals surface area contributed by atoms with Gasteiger partial charge in [-0.3, -0.25) is 4.79 Å². The molecule has 0 bridgehead atoms. The summed E-state index contributed by atoms with van der Waals surface area (Å²) in [5.74, 6) is -1.31. The Kier molecular flexibility index (Phi) is 4.51. The Morgan fingerprint density at radius 3 is 2.29 bits per heavy atom. The molecule has 0 unspecified atom stereocenters. The van der Waals surface area contributed by atoms with Crippen LogP contribution in [0.5, 0.6) is 0 Å². The van der Waals surface area contributed by atoms with E-state index in [0.717, 1.165) is 6.07 Å². The summed E-state index contributed by atoms with van der Waals surface area (Å²) in [6.45, 7) is 0. The maximum Gasteiger partial charge on any atom is 0.261 e. The van der Waals surface area contributed by atoms with Gasteiger partial charge in [-0.25, -0.2) is 12.8 Å². The molecule has 4 nitrogen and oxygen atoms in total. The monoisotopic (exact) mass is 347 g/mol. The molecular formula is C13H8Cl2FNO3S. The van der Waals surface area contributed by atoms with Gasteiger partial charge in [-0.05, 0) is 36.4 Å². The van der Waals surface area contributed by atoms with Crippen molar-refractivity contribution in [3.8, 4) is 0 Å². The fourth-order valence-electron chi connectivity index (χ4n) is 1.58. The lowest BCUT2D eigenvalue weighted by molar-refractivity contribution is 0.102. The molecule has 0 fully saturated rings. The lowest BCUT2D eigenvalue weighted by Gasteiger charge is -2.07. The van der Waals surface area contributed by atoms with Crippen molar-refractivity contribution in [2.75, 3.05) is 5.32 Å². The molecule has 8 heteroatoms. The lowest BCUT2D eigenvalue weighted by Crippen LogP contribution is -2.13. The summed E-state index contributed by atoms with van der Waals surface area (Å²) in [5, 5.41) is 2.19. The molecule has 0 radical (unpaired) electrons. The normalized spacial score (nSPS) is 11.2. The minimum absolute atomic E-state index is 0.0225. The summed E-state index contributed by atoms with van der Waals surface area (Å²) in [7, 11) is 1.35. The number of hydrogen-bond acceptors (Lipinski definition) is 3. The fourth-order valence-corrected chi connectivity index (χ4v) is 2.56. The predicted molar refractivity (Wildman–Crippen MR) is 78.8 cm³/mol. The van der Waals surface area contributed by atoms with Crippen molar-refractivity contribution in [3.63, 3.8) is 0 Å². The average molecular weight is 348 g/mol. The van der Waals surface area contributed by atoms with Gasteiger partial charge in [-0.2, -0.15) is 0 Å². The van der Waals surface area contributed by atoms with Crippen molar-refractivity contribution in [2.24, 2.45) is 0 Å². The third kappa shape index (κ3) is 3.72. The van der Waals surface area contributed by atoms with Crippen molar-refractivity contribution < 1.29 is 17.6 Å². The van der Waals surface area contributed by atoms with Crippen LogP contribution in [0.4, 0.5) is 10.1 Å². The predicted octanol–water partition coefficient (Wildman–Crippen LogP) is 3.66. The first kappa shape index (κ1) is 15.8. The van der Waals surface area contributed by atoms with E-state index >= 15 is 0 Å². The van der Waals surface area contributed by atoms with Crippen molar-refractivity contribution in [3.05, 3.63) is 58.9 Å². The molecule has 0 aliphatic rings. The van der Waals surface area contributed by atoms with E-state index in [0.29, 0.717) is 5.69 Å².